The predicted octanol–water partition coefficient (Wildman–Crippen LogP) is 5.98. The van der Waals surface area contributed by atoms with E-state index in [4.69, 9.17) is 37.9 Å². The number of hydrogen-bond acceptors (Lipinski definition) is 11. The molecule has 0 spiro atoms. The van der Waals surface area contributed by atoms with E-state index in [9.17, 15) is 4.79 Å². The third kappa shape index (κ3) is 8.45. The molecule has 6 rings (SSSR count). The highest BCUT2D eigenvalue weighted by Crippen LogP contribution is 2.60. The number of nitrogens with zero attached hydrogens (tertiary/aromatic N) is 1. The Morgan fingerprint density at radius 3 is 2.26 bits per heavy atom. The van der Waals surface area contributed by atoms with Crippen LogP contribution >= 0.6 is 0 Å². The average molecular weight is 760 g/mol. The lowest BCUT2D eigenvalue weighted by Gasteiger charge is -2.44. The molecular weight excluding hydrogens is 690 g/mol. The lowest BCUT2D eigenvalue weighted by molar-refractivity contribution is -0.314. The Bertz CT molecular complexity index is 1310. The van der Waals surface area contributed by atoms with Gasteiger partial charge in [0.25, 0.3) is 0 Å². The van der Waals surface area contributed by atoms with Gasteiger partial charge in [0.15, 0.2) is 12.6 Å². The zero-order valence-corrected chi connectivity index (χ0v) is 34.3. The molecule has 11 nitrogen and oxygen atoms in total. The number of ether oxygens (including phenoxy) is 8. The summed E-state index contributed by atoms with van der Waals surface area (Å²) in [5.74, 6) is -0.291. The second-order valence-electron chi connectivity index (χ2n) is 17.3. The number of cyclic esters (lactones) is 1. The summed E-state index contributed by atoms with van der Waals surface area (Å²) in [5, 5.41) is 0. The molecule has 0 bridgehead atoms. The number of Topliss-reactive ketones (excluding diaryl/α,β-unsaturated/α-hetero) is 1. The minimum absolute atomic E-state index is 0.0310. The van der Waals surface area contributed by atoms with Crippen molar-refractivity contribution in [2.24, 2.45) is 47.3 Å². The van der Waals surface area contributed by atoms with Crippen LogP contribution in [0.2, 0.25) is 0 Å². The fourth-order valence-corrected chi connectivity index (χ4v) is 11.5. The van der Waals surface area contributed by atoms with Crippen molar-refractivity contribution in [1.29, 1.82) is 0 Å². The number of likely N-dealkylation sites (N-methyl/N-ethyl adjacent to an activating group) is 1. The van der Waals surface area contributed by atoms with Crippen molar-refractivity contribution in [2.75, 3.05) is 35.4 Å². The summed E-state index contributed by atoms with van der Waals surface area (Å²) in [6.07, 6.45) is 10.6. The highest BCUT2D eigenvalue weighted by Gasteiger charge is 2.59. The van der Waals surface area contributed by atoms with Crippen molar-refractivity contribution >= 4 is 11.8 Å². The number of methoxy groups -OCH3 is 3. The zero-order valence-electron chi connectivity index (χ0n) is 34.3. The number of ketones is 1. The molecule has 3 heterocycles. The maximum absolute atomic E-state index is 15.0. The van der Waals surface area contributed by atoms with Crippen molar-refractivity contribution in [3.63, 3.8) is 0 Å². The van der Waals surface area contributed by atoms with E-state index in [1.54, 1.807) is 21.3 Å². The van der Waals surface area contributed by atoms with Gasteiger partial charge in [-0.25, -0.2) is 0 Å². The van der Waals surface area contributed by atoms with Gasteiger partial charge in [-0.2, -0.15) is 0 Å². The predicted molar refractivity (Wildman–Crippen MR) is 203 cm³/mol. The Balaban J connectivity index is 1.23. The van der Waals surface area contributed by atoms with Crippen molar-refractivity contribution in [1.82, 2.24) is 4.90 Å². The molecule has 0 N–H and O–H groups in total. The summed E-state index contributed by atoms with van der Waals surface area (Å²) in [5.41, 5.74) is 0. The summed E-state index contributed by atoms with van der Waals surface area (Å²) < 4.78 is 49.9. The minimum atomic E-state index is -0.606. The Morgan fingerprint density at radius 1 is 0.870 bits per heavy atom. The molecule has 5 unspecified atom stereocenters. The first-order valence-corrected chi connectivity index (χ1v) is 20.8. The number of rotatable bonds is 10. The lowest BCUT2D eigenvalue weighted by atomic mass is 9.69. The molecule has 2 saturated carbocycles. The van der Waals surface area contributed by atoms with Gasteiger partial charge in [0.05, 0.1) is 24.4 Å². The maximum Gasteiger partial charge on any atom is 0.306 e. The van der Waals surface area contributed by atoms with E-state index in [-0.39, 0.29) is 115 Å². The van der Waals surface area contributed by atoms with Gasteiger partial charge in [0.2, 0.25) is 0 Å². The number of carbonyl (C=O) groups excluding carboxylic acids is 2. The van der Waals surface area contributed by atoms with Crippen molar-refractivity contribution in [2.45, 2.75) is 153 Å². The van der Waals surface area contributed by atoms with E-state index in [2.05, 4.69) is 51.6 Å². The third-order valence-electron chi connectivity index (χ3n) is 14.2. The van der Waals surface area contributed by atoms with Gasteiger partial charge in [-0.15, -0.1) is 6.58 Å². The fraction of sp³-hybridized carbons (Fsp3) is 0.860. The van der Waals surface area contributed by atoms with Gasteiger partial charge < -0.3 is 42.8 Å². The van der Waals surface area contributed by atoms with Crippen LogP contribution in [0.1, 0.15) is 85.5 Å². The molecule has 3 saturated heterocycles. The SMILES string of the molecule is C=CC1C2C(=O)[C@H](C)[C@@H](O[C@H]3CC[C@H](N(C)C)C(C)O3)CCC[C@H](CC)OC(=O)C[C@H]2[C@@H]2C=C[C@@H]3C[C@@H](O[C@@H]4OC(C)[C@H](OC)C(OC)[C@@H]4OC)C[C@H]3[C@H]12. The third-order valence-corrected chi connectivity index (χ3v) is 14.2. The van der Waals surface area contributed by atoms with Crippen LogP contribution in [0, 0.1) is 47.3 Å². The van der Waals surface area contributed by atoms with Crippen LogP contribution in [-0.4, -0.2) is 120 Å². The summed E-state index contributed by atoms with van der Waals surface area (Å²) >= 11 is 0. The van der Waals surface area contributed by atoms with Gasteiger partial charge in [-0.1, -0.05) is 32.1 Å². The molecule has 11 heteroatoms. The van der Waals surface area contributed by atoms with Crippen molar-refractivity contribution in [3.8, 4) is 0 Å². The number of carbonyl (C=O) groups is 2. The standard InChI is InChI=1S/C43H69NO10/c1-11-27-14-13-15-34(54-36-19-18-33(44(6)7)24(4)50-36)23(3)39(46)38-29(12-2)37-30(32(38)22-35(45)52-27)17-16-26-20-28(21-31(26)37)53-43-42(49-10)41(48-9)40(47-8)25(5)51-43/h12,16-17,23-34,36-38,40-43H,2,11,13-15,18-22H2,1,3-10H3/t23-,24?,25?,26-,27+,28-,29?,30+,31-,32+,33+,34+,36+,37-,38?,40+,41?,42+,43+/m1/s1. The maximum atomic E-state index is 15.0. The molecule has 3 aliphatic carbocycles. The molecule has 19 atom stereocenters. The van der Waals surface area contributed by atoms with E-state index in [0.29, 0.717) is 12.5 Å². The molecule has 3 aliphatic heterocycles. The first-order valence-electron chi connectivity index (χ1n) is 20.8. The second-order valence-corrected chi connectivity index (χ2v) is 17.3. The Hall–Kier alpha value is -1.70. The fourth-order valence-electron chi connectivity index (χ4n) is 11.5. The molecule has 0 radical (unpaired) electrons. The van der Waals surface area contributed by atoms with Gasteiger partial charge in [0.1, 0.15) is 30.2 Å². The Morgan fingerprint density at radius 2 is 1.61 bits per heavy atom. The van der Waals surface area contributed by atoms with Crippen LogP contribution in [-0.2, 0) is 47.5 Å². The van der Waals surface area contributed by atoms with E-state index < -0.39 is 12.4 Å². The van der Waals surface area contributed by atoms with Crippen LogP contribution < -0.4 is 0 Å². The van der Waals surface area contributed by atoms with Crippen molar-refractivity contribution in [3.05, 3.63) is 24.8 Å². The smallest absolute Gasteiger partial charge is 0.306 e. The Labute approximate surface area is 324 Å². The van der Waals surface area contributed by atoms with Crippen LogP contribution in [0.15, 0.2) is 24.8 Å². The molecule has 306 valence electrons. The van der Waals surface area contributed by atoms with Crippen LogP contribution in [0.4, 0.5) is 0 Å². The molecule has 6 aliphatic rings. The van der Waals surface area contributed by atoms with Crippen LogP contribution in [0.5, 0.6) is 0 Å². The lowest BCUT2D eigenvalue weighted by Crippen LogP contribution is -2.59. The average Bonchev–Trinajstić information content (AvgIpc) is 3.70. The van der Waals surface area contributed by atoms with Gasteiger partial charge in [-0.3, -0.25) is 9.59 Å². The largest absolute Gasteiger partial charge is 0.462 e. The molecular formula is C43H69NO10. The van der Waals surface area contributed by atoms with Gasteiger partial charge >= 0.3 is 5.97 Å². The minimum Gasteiger partial charge on any atom is -0.462 e. The Kier molecular flexibility index (Phi) is 14.2. The quantitative estimate of drug-likeness (QED) is 0.194. The molecule has 0 aromatic carbocycles. The topological polar surface area (TPSA) is 111 Å². The number of hydrogen-bond donors (Lipinski definition) is 0. The van der Waals surface area contributed by atoms with E-state index in [1.165, 1.54) is 0 Å². The highest BCUT2D eigenvalue weighted by atomic mass is 16.7. The van der Waals surface area contributed by atoms with Gasteiger partial charge in [-0.05, 0) is 115 Å². The molecule has 54 heavy (non-hydrogen) atoms. The first-order chi connectivity index (χ1) is 25.9. The van der Waals surface area contributed by atoms with Crippen LogP contribution in [0.25, 0.3) is 0 Å². The first kappa shape index (κ1) is 41.9. The van der Waals surface area contributed by atoms with Gasteiger partial charge in [0, 0.05) is 45.6 Å². The number of allylic oxidation sites excluding steroid dienone is 3. The number of fused-ring (bicyclic) bond motifs is 5. The molecule has 5 fully saturated rings. The zero-order chi connectivity index (χ0) is 38.8. The highest BCUT2D eigenvalue weighted by molar-refractivity contribution is 5.86. The second kappa shape index (κ2) is 18.3. The molecule has 0 aromatic rings. The van der Waals surface area contributed by atoms with Crippen LogP contribution in [0.3, 0.4) is 0 Å². The monoisotopic (exact) mass is 759 g/mol. The summed E-state index contributed by atoms with van der Waals surface area (Å²) in [4.78, 5) is 31.0. The number of esters is 1. The summed E-state index contributed by atoms with van der Waals surface area (Å²) in [6.45, 7) is 12.6. The molecule has 0 aromatic heterocycles. The van der Waals surface area contributed by atoms with E-state index >= 15 is 4.79 Å². The van der Waals surface area contributed by atoms with Crippen molar-refractivity contribution < 1.29 is 47.5 Å². The van der Waals surface area contributed by atoms with E-state index in [0.717, 1.165) is 44.9 Å². The summed E-state index contributed by atoms with van der Waals surface area (Å²) in [6, 6.07) is 0.332. The van der Waals surface area contributed by atoms with E-state index in [1.807, 2.05) is 19.9 Å². The summed E-state index contributed by atoms with van der Waals surface area (Å²) in [7, 11) is 9.16. The normalized spacial score (nSPS) is 47.3. The molecule has 0 amide bonds.